The number of carbonyl (C=O) groups excluding carboxylic acids is 1. The Bertz CT molecular complexity index is 903. The molecule has 0 N–H and O–H groups in total. The molecule has 0 aliphatic rings. The van der Waals surface area contributed by atoms with E-state index >= 15 is 0 Å². The Kier molecular flexibility index (Phi) is 5.06. The molecule has 122 valence electrons. The van der Waals surface area contributed by atoms with Gasteiger partial charge in [-0.1, -0.05) is 34.1 Å². The highest BCUT2D eigenvalue weighted by molar-refractivity contribution is 9.10. The number of halogens is 2. The van der Waals surface area contributed by atoms with Crippen molar-refractivity contribution >= 4 is 55.1 Å². The van der Waals surface area contributed by atoms with Gasteiger partial charge in [0.05, 0.1) is 10.2 Å². The molecule has 0 bridgehead atoms. The monoisotopic (exact) mass is 404 g/mol. The third-order valence-corrected chi connectivity index (χ3v) is 5.06. The van der Waals surface area contributed by atoms with Crippen LogP contribution in [0.3, 0.4) is 0 Å². The summed E-state index contributed by atoms with van der Waals surface area (Å²) in [6, 6.07) is 12.4. The Morgan fingerprint density at radius 1 is 1.25 bits per heavy atom. The first-order valence-corrected chi connectivity index (χ1v) is 8.85. The van der Waals surface area contributed by atoms with E-state index in [-0.39, 0.29) is 18.7 Å². The molecule has 3 nitrogen and oxygen atoms in total. The van der Waals surface area contributed by atoms with Gasteiger partial charge in [-0.05, 0) is 48.8 Å². The van der Waals surface area contributed by atoms with E-state index in [0.717, 1.165) is 10.2 Å². The fraction of sp³-hybridized carbons (Fsp3) is 0.111. The topological polar surface area (TPSA) is 53.0 Å². The van der Waals surface area contributed by atoms with Crippen molar-refractivity contribution in [3.05, 3.63) is 63.3 Å². The van der Waals surface area contributed by atoms with Crippen LogP contribution in [-0.4, -0.2) is 11.0 Å². The van der Waals surface area contributed by atoms with Crippen LogP contribution in [-0.2, 0) is 4.79 Å². The van der Waals surface area contributed by atoms with Gasteiger partial charge in [0.15, 0.2) is 0 Å². The van der Waals surface area contributed by atoms with Crippen LogP contribution in [0, 0.1) is 5.82 Å². The van der Waals surface area contributed by atoms with Crippen molar-refractivity contribution in [1.29, 1.82) is 0 Å². The quantitative estimate of drug-likeness (QED) is 0.637. The molecular formula is C18H12BrFNO2S-. The number of aromatic nitrogens is 1. The molecule has 6 heteroatoms. The molecule has 0 unspecified atom stereocenters. The maximum atomic E-state index is 14.1. The van der Waals surface area contributed by atoms with Crippen LogP contribution in [0.2, 0.25) is 0 Å². The van der Waals surface area contributed by atoms with Crippen molar-refractivity contribution in [2.45, 2.75) is 12.8 Å². The molecule has 0 radical (unpaired) electrons. The summed E-state index contributed by atoms with van der Waals surface area (Å²) in [5, 5.41) is 11.5. The molecule has 0 fully saturated rings. The number of rotatable bonds is 5. The zero-order valence-corrected chi connectivity index (χ0v) is 14.9. The van der Waals surface area contributed by atoms with E-state index in [1.54, 1.807) is 18.2 Å². The van der Waals surface area contributed by atoms with Gasteiger partial charge in [0, 0.05) is 16.0 Å². The Morgan fingerprint density at radius 3 is 2.75 bits per heavy atom. The van der Waals surface area contributed by atoms with Crippen molar-refractivity contribution in [1.82, 2.24) is 4.98 Å². The van der Waals surface area contributed by atoms with E-state index in [0.29, 0.717) is 20.6 Å². The third-order valence-electron chi connectivity index (χ3n) is 3.46. The smallest absolute Gasteiger partial charge is 0.131 e. The number of thiazole rings is 1. The molecule has 0 spiro atoms. The predicted octanol–water partition coefficient (Wildman–Crippen LogP) is 4.27. The maximum Gasteiger partial charge on any atom is 0.131 e. The lowest BCUT2D eigenvalue weighted by Gasteiger charge is -2.06. The van der Waals surface area contributed by atoms with Crippen LogP contribution >= 0.6 is 27.3 Å². The molecule has 0 aliphatic heterocycles. The highest BCUT2D eigenvalue weighted by Gasteiger charge is 2.11. The number of fused-ring (bicyclic) bond motifs is 1. The normalized spacial score (nSPS) is 11.8. The molecule has 0 aliphatic carbocycles. The minimum absolute atomic E-state index is 0.139. The van der Waals surface area contributed by atoms with Crippen LogP contribution in [0.15, 0.2) is 46.9 Å². The van der Waals surface area contributed by atoms with Crippen LogP contribution < -0.4 is 5.11 Å². The van der Waals surface area contributed by atoms with Gasteiger partial charge < -0.3 is 9.90 Å². The first kappa shape index (κ1) is 16.8. The first-order chi connectivity index (χ1) is 11.5. The second-order valence-corrected chi connectivity index (χ2v) is 7.14. The van der Waals surface area contributed by atoms with Gasteiger partial charge in [0.2, 0.25) is 0 Å². The Labute approximate surface area is 150 Å². The van der Waals surface area contributed by atoms with Crippen LogP contribution in [0.1, 0.15) is 23.4 Å². The second-order valence-electron chi connectivity index (χ2n) is 5.19. The van der Waals surface area contributed by atoms with E-state index < -0.39 is 5.97 Å². The lowest BCUT2D eigenvalue weighted by atomic mass is 10.1. The van der Waals surface area contributed by atoms with Gasteiger partial charge in [-0.15, -0.1) is 11.3 Å². The zero-order valence-electron chi connectivity index (χ0n) is 12.5. The van der Waals surface area contributed by atoms with E-state index in [1.807, 2.05) is 24.3 Å². The molecule has 3 rings (SSSR count). The van der Waals surface area contributed by atoms with Gasteiger partial charge in [-0.3, -0.25) is 0 Å². The van der Waals surface area contributed by atoms with Crippen LogP contribution in [0.4, 0.5) is 4.39 Å². The number of hydrogen-bond donors (Lipinski definition) is 0. The molecule has 1 heterocycles. The summed E-state index contributed by atoms with van der Waals surface area (Å²) >= 11 is 4.68. The number of nitrogens with zero attached hydrogens (tertiary/aromatic N) is 1. The van der Waals surface area contributed by atoms with Gasteiger partial charge in [0.25, 0.3) is 0 Å². The van der Waals surface area contributed by atoms with Crippen LogP contribution in [0.5, 0.6) is 0 Å². The van der Waals surface area contributed by atoms with Crippen molar-refractivity contribution in [3.8, 4) is 0 Å². The summed E-state index contributed by atoms with van der Waals surface area (Å²) in [4.78, 5) is 15.4. The number of carbonyl (C=O) groups is 1. The summed E-state index contributed by atoms with van der Waals surface area (Å²) < 4.78 is 15.8. The number of aliphatic carboxylic acids is 1. The number of benzene rings is 2. The Balaban J connectivity index is 2.04. The Hall–Kier alpha value is -2.05. The molecular weight excluding hydrogens is 393 g/mol. The van der Waals surface area contributed by atoms with Gasteiger partial charge in [-0.25, -0.2) is 9.37 Å². The van der Waals surface area contributed by atoms with E-state index in [9.17, 15) is 14.3 Å². The number of allylic oxidation sites excluding steroid dienone is 1. The maximum absolute atomic E-state index is 14.1. The Morgan fingerprint density at radius 2 is 2.04 bits per heavy atom. The number of hydrogen-bond acceptors (Lipinski definition) is 4. The number of para-hydroxylation sites is 1. The van der Waals surface area contributed by atoms with Gasteiger partial charge >= 0.3 is 0 Å². The molecule has 0 amide bonds. The lowest BCUT2D eigenvalue weighted by Crippen LogP contribution is -2.21. The molecule has 0 saturated heterocycles. The highest BCUT2D eigenvalue weighted by atomic mass is 79.9. The van der Waals surface area contributed by atoms with E-state index in [4.69, 9.17) is 0 Å². The van der Waals surface area contributed by atoms with Crippen molar-refractivity contribution in [2.24, 2.45) is 0 Å². The molecule has 0 atom stereocenters. The lowest BCUT2D eigenvalue weighted by molar-refractivity contribution is -0.305. The minimum atomic E-state index is -1.14. The van der Waals surface area contributed by atoms with E-state index in [2.05, 4.69) is 20.9 Å². The molecule has 2 aromatic carbocycles. The SMILES string of the molecule is O=C([O-])CC/C(=C\c1ccc(Br)cc1F)c1nc2ccccc2s1. The van der Waals surface area contributed by atoms with Crippen molar-refractivity contribution in [3.63, 3.8) is 0 Å². The zero-order chi connectivity index (χ0) is 17.1. The first-order valence-electron chi connectivity index (χ1n) is 7.24. The van der Waals surface area contributed by atoms with Gasteiger partial charge in [-0.2, -0.15) is 0 Å². The number of carboxylic acid groups (broad SMARTS) is 1. The van der Waals surface area contributed by atoms with Crippen molar-refractivity contribution < 1.29 is 14.3 Å². The average molecular weight is 405 g/mol. The van der Waals surface area contributed by atoms with Crippen molar-refractivity contribution in [2.75, 3.05) is 0 Å². The van der Waals surface area contributed by atoms with E-state index in [1.165, 1.54) is 17.4 Å². The fourth-order valence-corrected chi connectivity index (χ4v) is 3.64. The minimum Gasteiger partial charge on any atom is -0.550 e. The van der Waals surface area contributed by atoms with Crippen LogP contribution in [0.25, 0.3) is 21.9 Å². The standard InChI is InChI=1S/C18H13BrFNO2S/c19-13-7-5-11(14(20)10-13)9-12(6-8-17(22)23)18-21-15-3-1-2-4-16(15)24-18/h1-5,7,9-10H,6,8H2,(H,22,23)/p-1/b12-9+. The fourth-order valence-electron chi connectivity index (χ4n) is 2.29. The summed E-state index contributed by atoms with van der Waals surface area (Å²) in [6.07, 6.45) is 1.75. The van der Waals surface area contributed by atoms with Gasteiger partial charge in [0.1, 0.15) is 10.8 Å². The largest absolute Gasteiger partial charge is 0.550 e. The molecule has 24 heavy (non-hydrogen) atoms. The highest BCUT2D eigenvalue weighted by Crippen LogP contribution is 2.31. The number of carboxylic acids is 1. The summed E-state index contributed by atoms with van der Waals surface area (Å²) in [7, 11) is 0. The summed E-state index contributed by atoms with van der Waals surface area (Å²) in [6.45, 7) is 0. The predicted molar refractivity (Wildman–Crippen MR) is 95.8 cm³/mol. The average Bonchev–Trinajstić information content (AvgIpc) is 2.97. The summed E-state index contributed by atoms with van der Waals surface area (Å²) in [5.41, 5.74) is 1.92. The molecule has 3 aromatic rings. The second kappa shape index (κ2) is 7.23. The summed E-state index contributed by atoms with van der Waals surface area (Å²) in [5.74, 6) is -1.52. The third kappa shape index (κ3) is 3.88. The molecule has 1 aromatic heterocycles. The molecule has 0 saturated carbocycles.